The van der Waals surface area contributed by atoms with E-state index >= 15 is 0 Å². The Morgan fingerprint density at radius 1 is 0.882 bits per heavy atom. The van der Waals surface area contributed by atoms with Gasteiger partial charge in [0.1, 0.15) is 6.54 Å². The molecule has 2 aromatic carbocycles. The number of halogens is 4. The van der Waals surface area contributed by atoms with E-state index in [2.05, 4.69) is 0 Å². The number of Topliss-reactive ketones (excluding diaryl/α,β-unsaturated/α-hetero) is 1. The number of benzene rings is 2. The molecule has 0 bridgehead atoms. The van der Waals surface area contributed by atoms with Crippen molar-refractivity contribution in [1.29, 1.82) is 0 Å². The molecule has 1 aliphatic heterocycles. The first-order chi connectivity index (χ1) is 16.1. The number of imide groups is 1. The van der Waals surface area contributed by atoms with Crippen LogP contribution in [0.1, 0.15) is 46.9 Å². The Morgan fingerprint density at radius 2 is 1.44 bits per heavy atom. The second-order valence-electron chi connectivity index (χ2n) is 8.65. The zero-order valence-corrected chi connectivity index (χ0v) is 21.1. The highest BCUT2D eigenvalue weighted by atomic mass is 35.5. The molecule has 0 unspecified atom stereocenters. The number of hydrogen-bond donors (Lipinski definition) is 0. The van der Waals surface area contributed by atoms with Crippen molar-refractivity contribution >= 4 is 69.9 Å². The van der Waals surface area contributed by atoms with Gasteiger partial charge in [0.25, 0.3) is 17.7 Å². The molecule has 1 saturated heterocycles. The average Bonchev–Trinajstić information content (AvgIpc) is 3.01. The van der Waals surface area contributed by atoms with Gasteiger partial charge in [-0.1, -0.05) is 53.3 Å². The number of carbonyl (C=O) groups excluding carboxylic acids is 4. The van der Waals surface area contributed by atoms with Gasteiger partial charge in [0.05, 0.1) is 27.4 Å². The molecule has 178 valence electrons. The summed E-state index contributed by atoms with van der Waals surface area (Å²) in [5, 5.41) is 2.47. The summed E-state index contributed by atoms with van der Waals surface area (Å²) in [5.41, 5.74) is 0.112. The van der Waals surface area contributed by atoms with Crippen molar-refractivity contribution in [2.75, 3.05) is 6.54 Å². The standard InChI is InChI=1S/C24H20Cl4N2O4/c1-12-2-5-15-18(8-12)24(34)30(23(15)33)29(22(32)17-7-4-14(26)10-20(17)28)11-21(31)16-6-3-13(25)9-19(16)27/h3-4,6-7,9-10,12,15,18H,2,5,8,11H2,1H3/t12-,15-,18-/m1/s1. The van der Waals surface area contributed by atoms with Gasteiger partial charge in [-0.25, -0.2) is 5.01 Å². The maximum Gasteiger partial charge on any atom is 0.274 e. The molecule has 10 heteroatoms. The highest BCUT2D eigenvalue weighted by Gasteiger charge is 2.53. The zero-order valence-electron chi connectivity index (χ0n) is 18.1. The number of amides is 3. The number of ketones is 1. The Kier molecular flexibility index (Phi) is 7.25. The fourth-order valence-electron chi connectivity index (χ4n) is 4.58. The second kappa shape index (κ2) is 9.86. The van der Waals surface area contributed by atoms with Crippen molar-refractivity contribution in [3.05, 3.63) is 67.6 Å². The van der Waals surface area contributed by atoms with Crippen LogP contribution in [0.25, 0.3) is 0 Å². The van der Waals surface area contributed by atoms with Crippen molar-refractivity contribution in [3.63, 3.8) is 0 Å². The Balaban J connectivity index is 1.73. The molecule has 2 fully saturated rings. The molecule has 2 aromatic rings. The third-order valence-electron chi connectivity index (χ3n) is 6.33. The predicted octanol–water partition coefficient (Wildman–Crippen LogP) is 5.96. The highest BCUT2D eigenvalue weighted by molar-refractivity contribution is 6.37. The summed E-state index contributed by atoms with van der Waals surface area (Å²) in [6.45, 7) is 1.44. The molecule has 0 aromatic heterocycles. The molecule has 1 aliphatic carbocycles. The van der Waals surface area contributed by atoms with E-state index in [0.717, 1.165) is 16.4 Å². The SMILES string of the molecule is C[C@@H]1CC[C@H]2C(=O)N(N(CC(=O)c3ccc(Cl)cc3Cl)C(=O)c3ccc(Cl)cc3Cl)C(=O)[C@@H]2C1. The van der Waals surface area contributed by atoms with Crippen LogP contribution in [0.4, 0.5) is 0 Å². The third kappa shape index (κ3) is 4.69. The van der Waals surface area contributed by atoms with Crippen LogP contribution in [0, 0.1) is 17.8 Å². The number of fused-ring (bicyclic) bond motifs is 1. The molecule has 0 spiro atoms. The largest absolute Gasteiger partial charge is 0.292 e. The fraction of sp³-hybridized carbons (Fsp3) is 0.333. The molecule has 4 rings (SSSR count). The molecule has 1 heterocycles. The Bertz CT molecular complexity index is 1200. The van der Waals surface area contributed by atoms with Crippen molar-refractivity contribution in [2.24, 2.45) is 17.8 Å². The first-order valence-electron chi connectivity index (χ1n) is 10.7. The zero-order chi connectivity index (χ0) is 24.7. The molecule has 0 N–H and O–H groups in total. The van der Waals surface area contributed by atoms with E-state index in [1.807, 2.05) is 6.92 Å². The number of carbonyl (C=O) groups is 4. The fourth-order valence-corrected chi connectivity index (χ4v) is 5.59. The minimum atomic E-state index is -0.770. The second-order valence-corrected chi connectivity index (χ2v) is 10.3. The first kappa shape index (κ1) is 25.0. The van der Waals surface area contributed by atoms with E-state index in [4.69, 9.17) is 46.4 Å². The molecule has 1 saturated carbocycles. The van der Waals surface area contributed by atoms with Gasteiger partial charge in [-0.15, -0.1) is 0 Å². The predicted molar refractivity (Wildman–Crippen MR) is 130 cm³/mol. The van der Waals surface area contributed by atoms with Gasteiger partial charge >= 0.3 is 0 Å². The summed E-state index contributed by atoms with van der Waals surface area (Å²) in [6.07, 6.45) is 1.91. The van der Waals surface area contributed by atoms with E-state index in [1.165, 1.54) is 36.4 Å². The van der Waals surface area contributed by atoms with Crippen molar-refractivity contribution < 1.29 is 19.2 Å². The lowest BCUT2D eigenvalue weighted by molar-refractivity contribution is -0.154. The summed E-state index contributed by atoms with van der Waals surface area (Å²) in [6, 6.07) is 8.55. The molecule has 34 heavy (non-hydrogen) atoms. The molecule has 6 nitrogen and oxygen atoms in total. The van der Waals surface area contributed by atoms with Crippen LogP contribution in [0.2, 0.25) is 20.1 Å². The maximum absolute atomic E-state index is 13.6. The third-order valence-corrected chi connectivity index (χ3v) is 7.42. The van der Waals surface area contributed by atoms with Crippen LogP contribution in [-0.4, -0.2) is 40.1 Å². The van der Waals surface area contributed by atoms with Gasteiger partial charge in [-0.3, -0.25) is 19.2 Å². The van der Waals surface area contributed by atoms with Gasteiger partial charge < -0.3 is 0 Å². The van der Waals surface area contributed by atoms with Crippen LogP contribution in [0.5, 0.6) is 0 Å². The van der Waals surface area contributed by atoms with E-state index in [-0.39, 0.29) is 27.1 Å². The molecule has 0 radical (unpaired) electrons. The lowest BCUT2D eigenvalue weighted by Crippen LogP contribution is -2.52. The van der Waals surface area contributed by atoms with Crippen LogP contribution in [-0.2, 0) is 9.59 Å². The number of nitrogens with zero attached hydrogens (tertiary/aromatic N) is 2. The highest BCUT2D eigenvalue weighted by Crippen LogP contribution is 2.41. The van der Waals surface area contributed by atoms with Gasteiger partial charge in [0, 0.05) is 15.6 Å². The molecule has 3 amide bonds. The Labute approximate surface area is 216 Å². The van der Waals surface area contributed by atoms with Gasteiger partial charge in [-0.05, 0) is 61.6 Å². The minimum absolute atomic E-state index is 0.00455. The summed E-state index contributed by atoms with van der Waals surface area (Å²) < 4.78 is 0. The van der Waals surface area contributed by atoms with Gasteiger partial charge in [0.2, 0.25) is 0 Å². The quantitative estimate of drug-likeness (QED) is 0.345. The lowest BCUT2D eigenvalue weighted by atomic mass is 9.76. The average molecular weight is 542 g/mol. The van der Waals surface area contributed by atoms with E-state index in [1.54, 1.807) is 0 Å². The van der Waals surface area contributed by atoms with Crippen LogP contribution in [0.3, 0.4) is 0 Å². The first-order valence-corrected chi connectivity index (χ1v) is 12.2. The Hall–Kier alpha value is -2.12. The van der Waals surface area contributed by atoms with E-state index in [9.17, 15) is 19.2 Å². The van der Waals surface area contributed by atoms with Crippen molar-refractivity contribution in [2.45, 2.75) is 26.2 Å². The topological polar surface area (TPSA) is 74.8 Å². The normalized spacial score (nSPS) is 22.0. The lowest BCUT2D eigenvalue weighted by Gasteiger charge is -2.30. The summed E-state index contributed by atoms with van der Waals surface area (Å²) in [5.74, 6) is -3.08. The monoisotopic (exact) mass is 540 g/mol. The molecular formula is C24H20Cl4N2O4. The van der Waals surface area contributed by atoms with Gasteiger partial charge in [0.15, 0.2) is 5.78 Å². The summed E-state index contributed by atoms with van der Waals surface area (Å²) in [7, 11) is 0. The van der Waals surface area contributed by atoms with Crippen LogP contribution in [0.15, 0.2) is 36.4 Å². The number of hydrogen-bond acceptors (Lipinski definition) is 4. The molecule has 3 atom stereocenters. The van der Waals surface area contributed by atoms with Crippen LogP contribution >= 0.6 is 46.4 Å². The van der Waals surface area contributed by atoms with Crippen LogP contribution < -0.4 is 0 Å². The maximum atomic E-state index is 13.6. The summed E-state index contributed by atoms with van der Waals surface area (Å²) >= 11 is 24.3. The number of hydrazine groups is 1. The van der Waals surface area contributed by atoms with E-state index in [0.29, 0.717) is 22.9 Å². The van der Waals surface area contributed by atoms with Crippen molar-refractivity contribution in [3.8, 4) is 0 Å². The number of rotatable bonds is 5. The molecular weight excluding hydrogens is 522 g/mol. The summed E-state index contributed by atoms with van der Waals surface area (Å²) in [4.78, 5) is 53.4. The van der Waals surface area contributed by atoms with Crippen molar-refractivity contribution in [1.82, 2.24) is 10.0 Å². The Morgan fingerprint density at radius 3 is 2.03 bits per heavy atom. The smallest absolute Gasteiger partial charge is 0.274 e. The van der Waals surface area contributed by atoms with Gasteiger partial charge in [-0.2, -0.15) is 5.01 Å². The minimum Gasteiger partial charge on any atom is -0.292 e. The molecule has 2 aliphatic rings. The van der Waals surface area contributed by atoms with E-state index < -0.39 is 41.9 Å².